The van der Waals surface area contributed by atoms with Gasteiger partial charge >= 0.3 is 0 Å². The Morgan fingerprint density at radius 2 is 1.24 bits per heavy atom. The van der Waals surface area contributed by atoms with Gasteiger partial charge in [0.1, 0.15) is 18.1 Å². The van der Waals surface area contributed by atoms with Crippen molar-refractivity contribution in [2.45, 2.75) is 6.61 Å². The molecule has 0 aliphatic carbocycles. The van der Waals surface area contributed by atoms with Crippen LogP contribution in [-0.4, -0.2) is 18.9 Å². The Labute approximate surface area is 173 Å². The molecular weight excluding hydrogens is 392 g/mol. The summed E-state index contributed by atoms with van der Waals surface area (Å²) in [6.07, 6.45) is 0. The summed E-state index contributed by atoms with van der Waals surface area (Å²) in [5, 5.41) is 0.645. The molecule has 0 heterocycles. The predicted molar refractivity (Wildman–Crippen MR) is 110 cm³/mol. The molecule has 2 amide bonds. The minimum Gasteiger partial charge on any atom is -0.497 e. The fourth-order valence-corrected chi connectivity index (χ4v) is 2.58. The van der Waals surface area contributed by atoms with Gasteiger partial charge in [-0.15, -0.1) is 0 Å². The molecule has 0 spiro atoms. The van der Waals surface area contributed by atoms with Crippen molar-refractivity contribution >= 4 is 23.4 Å². The third-order valence-electron chi connectivity index (χ3n) is 4.08. The fraction of sp³-hybridized carbons (Fsp3) is 0.0909. The van der Waals surface area contributed by atoms with Gasteiger partial charge in [-0.3, -0.25) is 20.4 Å². The van der Waals surface area contributed by atoms with E-state index in [1.807, 2.05) is 0 Å². The number of carbonyl (C=O) groups is 2. The molecule has 3 aromatic rings. The van der Waals surface area contributed by atoms with Crippen LogP contribution in [0.3, 0.4) is 0 Å². The summed E-state index contributed by atoms with van der Waals surface area (Å²) in [4.78, 5) is 24.3. The van der Waals surface area contributed by atoms with Gasteiger partial charge in [-0.2, -0.15) is 0 Å². The first-order valence-corrected chi connectivity index (χ1v) is 9.15. The number of halogens is 1. The van der Waals surface area contributed by atoms with Crippen molar-refractivity contribution in [2.75, 3.05) is 7.11 Å². The number of rotatable bonds is 6. The van der Waals surface area contributed by atoms with Crippen LogP contribution in [0.2, 0.25) is 5.02 Å². The summed E-state index contributed by atoms with van der Waals surface area (Å²) in [5.41, 5.74) is 6.50. The fourth-order valence-electron chi connectivity index (χ4n) is 2.45. The molecule has 0 aliphatic rings. The Balaban J connectivity index is 1.50. The van der Waals surface area contributed by atoms with Gasteiger partial charge < -0.3 is 9.47 Å². The number of carbonyl (C=O) groups excluding carboxylic acids is 2. The van der Waals surface area contributed by atoms with Crippen molar-refractivity contribution in [3.8, 4) is 11.5 Å². The van der Waals surface area contributed by atoms with Gasteiger partial charge in [0.25, 0.3) is 11.8 Å². The van der Waals surface area contributed by atoms with Crippen LogP contribution in [0.5, 0.6) is 11.5 Å². The van der Waals surface area contributed by atoms with E-state index in [0.717, 1.165) is 5.56 Å². The van der Waals surface area contributed by atoms with Gasteiger partial charge in [0, 0.05) is 16.1 Å². The lowest BCUT2D eigenvalue weighted by molar-refractivity contribution is 0.0846. The molecule has 148 valence electrons. The molecule has 3 aromatic carbocycles. The van der Waals surface area contributed by atoms with E-state index in [9.17, 15) is 9.59 Å². The summed E-state index contributed by atoms with van der Waals surface area (Å²) in [6.45, 7) is 0.359. The number of amides is 2. The van der Waals surface area contributed by atoms with Crippen molar-refractivity contribution < 1.29 is 19.1 Å². The molecule has 0 atom stereocenters. The molecular formula is C22H19ClN2O4. The molecule has 0 aliphatic heterocycles. The summed E-state index contributed by atoms with van der Waals surface area (Å²) in [5.74, 6) is 0.509. The van der Waals surface area contributed by atoms with E-state index in [0.29, 0.717) is 34.3 Å². The number of ether oxygens (including phenoxy) is 2. The first-order chi connectivity index (χ1) is 14.0. The van der Waals surface area contributed by atoms with Gasteiger partial charge in [0.05, 0.1) is 7.11 Å². The minimum absolute atomic E-state index is 0.359. The number of methoxy groups -OCH3 is 1. The molecule has 0 saturated carbocycles. The summed E-state index contributed by atoms with van der Waals surface area (Å²) >= 11 is 5.84. The second-order valence-corrected chi connectivity index (χ2v) is 6.51. The molecule has 0 fully saturated rings. The summed E-state index contributed by atoms with van der Waals surface area (Å²) in [7, 11) is 1.55. The molecule has 7 heteroatoms. The highest BCUT2D eigenvalue weighted by Crippen LogP contribution is 2.17. The first-order valence-electron chi connectivity index (χ1n) is 8.77. The molecule has 6 nitrogen and oxygen atoms in total. The van der Waals surface area contributed by atoms with Gasteiger partial charge in [0.15, 0.2) is 0 Å². The third-order valence-corrected chi connectivity index (χ3v) is 4.33. The topological polar surface area (TPSA) is 76.7 Å². The number of nitrogens with one attached hydrogen (secondary N) is 2. The normalized spacial score (nSPS) is 10.1. The predicted octanol–water partition coefficient (Wildman–Crippen LogP) is 4.00. The van der Waals surface area contributed by atoms with Crippen LogP contribution in [0.1, 0.15) is 26.3 Å². The maximum atomic E-state index is 12.2. The largest absolute Gasteiger partial charge is 0.497 e. The smallest absolute Gasteiger partial charge is 0.269 e. The van der Waals surface area contributed by atoms with Crippen LogP contribution in [0.25, 0.3) is 0 Å². The SMILES string of the molecule is COc1ccc(C(=O)NNC(=O)c2ccc(COc3ccc(Cl)cc3)cc2)cc1. The van der Waals surface area contributed by atoms with Crippen molar-refractivity contribution in [3.05, 3.63) is 94.5 Å². The van der Waals surface area contributed by atoms with E-state index in [4.69, 9.17) is 21.1 Å². The Bertz CT molecular complexity index is 971. The van der Waals surface area contributed by atoms with Gasteiger partial charge in [-0.25, -0.2) is 0 Å². The van der Waals surface area contributed by atoms with Crippen LogP contribution in [0.15, 0.2) is 72.8 Å². The zero-order valence-electron chi connectivity index (χ0n) is 15.6. The van der Waals surface area contributed by atoms with Crippen molar-refractivity contribution in [2.24, 2.45) is 0 Å². The van der Waals surface area contributed by atoms with Crippen molar-refractivity contribution in [1.29, 1.82) is 0 Å². The van der Waals surface area contributed by atoms with Crippen molar-refractivity contribution in [3.63, 3.8) is 0 Å². The quantitative estimate of drug-likeness (QED) is 0.602. The molecule has 0 radical (unpaired) electrons. The van der Waals surface area contributed by atoms with E-state index < -0.39 is 11.8 Å². The van der Waals surface area contributed by atoms with E-state index in [-0.39, 0.29) is 0 Å². The van der Waals surface area contributed by atoms with Crippen LogP contribution >= 0.6 is 11.6 Å². The van der Waals surface area contributed by atoms with Gasteiger partial charge in [0.2, 0.25) is 0 Å². The second kappa shape index (κ2) is 9.61. The third kappa shape index (κ3) is 5.73. The molecule has 3 rings (SSSR count). The summed E-state index contributed by atoms with van der Waals surface area (Å²) < 4.78 is 10.7. The highest BCUT2D eigenvalue weighted by molar-refractivity contribution is 6.30. The molecule has 0 saturated heterocycles. The standard InChI is InChI=1S/C22H19ClN2O4/c1-28-19-10-6-17(7-11-19)22(27)25-24-21(26)16-4-2-15(3-5-16)14-29-20-12-8-18(23)9-13-20/h2-13H,14H2,1H3,(H,24,26)(H,25,27). The van der Waals surface area contributed by atoms with E-state index in [1.165, 1.54) is 0 Å². The number of hydrazine groups is 1. The number of benzene rings is 3. The van der Waals surface area contributed by atoms with Gasteiger partial charge in [-0.1, -0.05) is 23.7 Å². The van der Waals surface area contributed by atoms with Gasteiger partial charge in [-0.05, 0) is 66.2 Å². The van der Waals surface area contributed by atoms with E-state index >= 15 is 0 Å². The molecule has 0 bridgehead atoms. The second-order valence-electron chi connectivity index (χ2n) is 6.08. The lowest BCUT2D eigenvalue weighted by atomic mass is 10.1. The van der Waals surface area contributed by atoms with Crippen molar-refractivity contribution in [1.82, 2.24) is 10.9 Å². The monoisotopic (exact) mass is 410 g/mol. The van der Waals surface area contributed by atoms with Crippen LogP contribution in [0.4, 0.5) is 0 Å². The summed E-state index contributed by atoms with van der Waals surface area (Å²) in [6, 6.07) is 20.5. The Kier molecular flexibility index (Phi) is 6.71. The Hall–Kier alpha value is -3.51. The van der Waals surface area contributed by atoms with Crippen LogP contribution < -0.4 is 20.3 Å². The first kappa shape index (κ1) is 20.2. The molecule has 29 heavy (non-hydrogen) atoms. The molecule has 0 unspecified atom stereocenters. The zero-order chi connectivity index (χ0) is 20.6. The number of hydrogen-bond donors (Lipinski definition) is 2. The highest BCUT2D eigenvalue weighted by Gasteiger charge is 2.09. The lowest BCUT2D eigenvalue weighted by Gasteiger charge is -2.09. The number of hydrogen-bond acceptors (Lipinski definition) is 4. The zero-order valence-corrected chi connectivity index (χ0v) is 16.4. The Morgan fingerprint density at radius 1 is 0.759 bits per heavy atom. The lowest BCUT2D eigenvalue weighted by Crippen LogP contribution is -2.41. The average molecular weight is 411 g/mol. The Morgan fingerprint density at radius 3 is 1.76 bits per heavy atom. The van der Waals surface area contributed by atoms with Crippen LogP contribution in [0, 0.1) is 0 Å². The van der Waals surface area contributed by atoms with E-state index in [1.54, 1.807) is 79.9 Å². The average Bonchev–Trinajstić information content (AvgIpc) is 2.77. The molecule has 2 N–H and O–H groups in total. The van der Waals surface area contributed by atoms with E-state index in [2.05, 4.69) is 10.9 Å². The maximum Gasteiger partial charge on any atom is 0.269 e. The minimum atomic E-state index is -0.422. The van der Waals surface area contributed by atoms with Crippen LogP contribution in [-0.2, 0) is 6.61 Å². The maximum absolute atomic E-state index is 12.2. The highest BCUT2D eigenvalue weighted by atomic mass is 35.5. The molecule has 0 aromatic heterocycles.